The molecule has 150 valence electrons. The van der Waals surface area contributed by atoms with Crippen molar-refractivity contribution < 1.29 is 14.2 Å². The summed E-state index contributed by atoms with van der Waals surface area (Å²) in [5.41, 5.74) is 1.78. The van der Waals surface area contributed by atoms with Crippen molar-refractivity contribution in [3.63, 3.8) is 0 Å². The minimum absolute atomic E-state index is 0.0493. The molecule has 1 aliphatic rings. The van der Waals surface area contributed by atoms with E-state index < -0.39 is 0 Å². The number of aryl methyl sites for hydroxylation is 1. The van der Waals surface area contributed by atoms with Gasteiger partial charge in [-0.3, -0.25) is 4.79 Å². The first kappa shape index (κ1) is 18.9. The molecule has 1 saturated heterocycles. The Labute approximate surface area is 168 Å². The average Bonchev–Trinajstić information content (AvgIpc) is 3.18. The van der Waals surface area contributed by atoms with Crippen molar-refractivity contribution in [3.05, 3.63) is 65.6 Å². The predicted molar refractivity (Wildman–Crippen MR) is 107 cm³/mol. The maximum Gasteiger partial charge on any atom is 0.255 e. The van der Waals surface area contributed by atoms with E-state index in [0.717, 1.165) is 31.7 Å². The van der Waals surface area contributed by atoms with Gasteiger partial charge in [-0.25, -0.2) is 9.61 Å². The van der Waals surface area contributed by atoms with Crippen LogP contribution in [0.3, 0.4) is 0 Å². The Morgan fingerprint density at radius 2 is 2.10 bits per heavy atom. The Kier molecular flexibility index (Phi) is 5.69. The van der Waals surface area contributed by atoms with Crippen LogP contribution in [0.25, 0.3) is 0 Å². The molecule has 8 nitrogen and oxygen atoms in total. The Balaban J connectivity index is 1.41. The number of anilines is 1. The second kappa shape index (κ2) is 8.72. The number of para-hydroxylation sites is 1. The zero-order valence-electron chi connectivity index (χ0n) is 16.2. The summed E-state index contributed by atoms with van der Waals surface area (Å²) in [6.45, 7) is 3.66. The largest absolute Gasteiger partial charge is 0.486 e. The number of hydrogen-bond donors (Lipinski definition) is 1. The molecule has 1 aromatic carbocycles. The molecule has 3 heterocycles. The van der Waals surface area contributed by atoms with E-state index >= 15 is 0 Å². The van der Waals surface area contributed by atoms with E-state index in [0.29, 0.717) is 22.7 Å². The second-order valence-electron chi connectivity index (χ2n) is 7.03. The van der Waals surface area contributed by atoms with Gasteiger partial charge >= 0.3 is 0 Å². The average molecular weight is 393 g/mol. The van der Waals surface area contributed by atoms with Gasteiger partial charge < -0.3 is 15.0 Å². The summed E-state index contributed by atoms with van der Waals surface area (Å²) in [6, 6.07) is 13.1. The molecule has 2 aromatic heterocycles. The van der Waals surface area contributed by atoms with E-state index in [1.807, 2.05) is 30.3 Å². The maximum atomic E-state index is 12.9. The summed E-state index contributed by atoms with van der Waals surface area (Å²) in [5, 5.41) is 10.7. The minimum Gasteiger partial charge on any atom is -0.486 e. The fourth-order valence-electron chi connectivity index (χ4n) is 3.41. The second-order valence-corrected chi connectivity index (χ2v) is 7.03. The number of rotatable bonds is 6. The lowest BCUT2D eigenvalue weighted by Crippen LogP contribution is -2.48. The highest BCUT2D eigenvalue weighted by Crippen LogP contribution is 2.21. The monoisotopic (exact) mass is 393 g/mol. The van der Waals surface area contributed by atoms with Crippen molar-refractivity contribution in [2.24, 2.45) is 0 Å². The highest BCUT2D eigenvalue weighted by atomic mass is 16.6. The van der Waals surface area contributed by atoms with Gasteiger partial charge in [0.2, 0.25) is 0 Å². The molecular weight excluding hydrogens is 370 g/mol. The number of pyridine rings is 1. The topological polar surface area (TPSA) is 93.4 Å². The van der Waals surface area contributed by atoms with Gasteiger partial charge in [0.1, 0.15) is 29.6 Å². The number of aromatic nitrogens is 3. The number of carbonyl (C=O) groups excluding carboxylic acids is 1. The van der Waals surface area contributed by atoms with Crippen LogP contribution in [-0.2, 0) is 6.61 Å². The van der Waals surface area contributed by atoms with E-state index in [2.05, 4.69) is 30.1 Å². The van der Waals surface area contributed by atoms with Gasteiger partial charge in [0.05, 0.1) is 5.56 Å². The van der Waals surface area contributed by atoms with Crippen LogP contribution in [0, 0.1) is 6.92 Å². The van der Waals surface area contributed by atoms with E-state index in [-0.39, 0.29) is 18.6 Å². The van der Waals surface area contributed by atoms with Gasteiger partial charge in [-0.2, -0.15) is 0 Å². The summed E-state index contributed by atoms with van der Waals surface area (Å²) in [4.78, 5) is 19.6. The van der Waals surface area contributed by atoms with E-state index in [1.54, 1.807) is 25.3 Å². The molecule has 0 spiro atoms. The third-order valence-corrected chi connectivity index (χ3v) is 4.97. The summed E-state index contributed by atoms with van der Waals surface area (Å²) in [5.74, 6) is 1.29. The number of nitrogens with zero attached hydrogens (tertiary/aromatic N) is 4. The van der Waals surface area contributed by atoms with Gasteiger partial charge in [-0.1, -0.05) is 28.5 Å². The molecule has 0 radical (unpaired) electrons. The van der Waals surface area contributed by atoms with Gasteiger partial charge in [0.15, 0.2) is 0 Å². The summed E-state index contributed by atoms with van der Waals surface area (Å²) in [7, 11) is 0. The van der Waals surface area contributed by atoms with Crippen LogP contribution in [0.5, 0.6) is 5.75 Å². The zero-order valence-corrected chi connectivity index (χ0v) is 16.2. The zero-order chi connectivity index (χ0) is 20.1. The van der Waals surface area contributed by atoms with Crippen molar-refractivity contribution in [2.75, 3.05) is 18.0 Å². The van der Waals surface area contributed by atoms with Crippen molar-refractivity contribution in [1.82, 2.24) is 20.6 Å². The molecule has 1 aliphatic heterocycles. The molecule has 1 atom stereocenters. The lowest BCUT2D eigenvalue weighted by atomic mass is 10.0. The Hall–Kier alpha value is -3.42. The number of nitrogens with one attached hydrogen (secondary N) is 1. The van der Waals surface area contributed by atoms with E-state index in [4.69, 9.17) is 4.74 Å². The first-order chi connectivity index (χ1) is 14.2. The predicted octanol–water partition coefficient (Wildman–Crippen LogP) is 2.75. The maximum absolute atomic E-state index is 12.9. The van der Waals surface area contributed by atoms with Crippen molar-refractivity contribution in [1.29, 1.82) is 0 Å². The van der Waals surface area contributed by atoms with Crippen LogP contribution < -0.4 is 15.0 Å². The molecule has 0 saturated carbocycles. The van der Waals surface area contributed by atoms with Gasteiger partial charge in [-0.05, 0) is 44.0 Å². The van der Waals surface area contributed by atoms with Crippen LogP contribution in [0.15, 0.2) is 53.3 Å². The third-order valence-electron chi connectivity index (χ3n) is 4.97. The minimum atomic E-state index is -0.150. The Morgan fingerprint density at radius 1 is 1.24 bits per heavy atom. The number of ether oxygens (including phenoxy) is 1. The summed E-state index contributed by atoms with van der Waals surface area (Å²) >= 11 is 0. The lowest BCUT2D eigenvalue weighted by molar-refractivity contribution is 0.0928. The molecule has 4 rings (SSSR count). The van der Waals surface area contributed by atoms with Gasteiger partial charge in [0, 0.05) is 25.3 Å². The number of piperidine rings is 1. The first-order valence-corrected chi connectivity index (χ1v) is 9.67. The molecule has 3 aromatic rings. The molecule has 1 N–H and O–H groups in total. The van der Waals surface area contributed by atoms with E-state index in [9.17, 15) is 4.79 Å². The Morgan fingerprint density at radius 3 is 2.90 bits per heavy atom. The molecule has 0 aliphatic carbocycles. The number of amides is 1. The SMILES string of the molecule is Cc1nonc1COc1ccccc1C(=O)N[C@@H]1CCCN(c2ccccn2)C1. The normalized spacial score (nSPS) is 16.4. The lowest BCUT2D eigenvalue weighted by Gasteiger charge is -2.34. The fourth-order valence-corrected chi connectivity index (χ4v) is 3.41. The quantitative estimate of drug-likeness (QED) is 0.688. The summed E-state index contributed by atoms with van der Waals surface area (Å²) < 4.78 is 10.5. The molecule has 1 amide bonds. The molecule has 0 unspecified atom stereocenters. The molecule has 8 heteroatoms. The molecule has 0 bridgehead atoms. The number of carbonyl (C=O) groups is 1. The molecular formula is C21H23N5O3. The van der Waals surface area contributed by atoms with Crippen molar-refractivity contribution in [2.45, 2.75) is 32.4 Å². The Bertz CT molecular complexity index is 960. The van der Waals surface area contributed by atoms with Crippen LogP contribution >= 0.6 is 0 Å². The standard InChI is InChI=1S/C21H23N5O3/c1-15-18(25-29-24-15)14-28-19-9-3-2-8-17(19)21(27)23-16-7-6-12-26(13-16)20-10-4-5-11-22-20/h2-5,8-11,16H,6-7,12-14H2,1H3,(H,23,27)/t16-/m1/s1. The third kappa shape index (κ3) is 4.53. The van der Waals surface area contributed by atoms with Crippen LogP contribution in [0.2, 0.25) is 0 Å². The van der Waals surface area contributed by atoms with Crippen molar-refractivity contribution in [3.8, 4) is 5.75 Å². The highest BCUT2D eigenvalue weighted by molar-refractivity contribution is 5.97. The smallest absolute Gasteiger partial charge is 0.255 e. The molecule has 1 fully saturated rings. The first-order valence-electron chi connectivity index (χ1n) is 9.67. The van der Waals surface area contributed by atoms with Gasteiger partial charge in [0.25, 0.3) is 5.91 Å². The van der Waals surface area contributed by atoms with Crippen LogP contribution in [-0.4, -0.2) is 40.3 Å². The highest BCUT2D eigenvalue weighted by Gasteiger charge is 2.24. The fraction of sp³-hybridized carbons (Fsp3) is 0.333. The number of benzene rings is 1. The van der Waals surface area contributed by atoms with Crippen molar-refractivity contribution >= 4 is 11.7 Å². The summed E-state index contributed by atoms with van der Waals surface area (Å²) in [6.07, 6.45) is 3.72. The van der Waals surface area contributed by atoms with Gasteiger partial charge in [-0.15, -0.1) is 0 Å². The van der Waals surface area contributed by atoms with Crippen LogP contribution in [0.4, 0.5) is 5.82 Å². The molecule has 29 heavy (non-hydrogen) atoms. The van der Waals surface area contributed by atoms with Crippen LogP contribution in [0.1, 0.15) is 34.6 Å². The number of hydrogen-bond acceptors (Lipinski definition) is 7. The van der Waals surface area contributed by atoms with E-state index in [1.165, 1.54) is 0 Å².